The van der Waals surface area contributed by atoms with Crippen LogP contribution in [0.4, 0.5) is 0 Å². The maximum Gasteiger partial charge on any atom is 0.306 e. The predicted molar refractivity (Wildman–Crippen MR) is 362 cm³/mol. The van der Waals surface area contributed by atoms with Gasteiger partial charge in [-0.1, -0.05) is 350 Å². The van der Waals surface area contributed by atoms with Crippen LogP contribution < -0.4 is 0 Å². The molecule has 480 valence electrons. The van der Waals surface area contributed by atoms with Crippen molar-refractivity contribution in [2.45, 2.75) is 374 Å². The van der Waals surface area contributed by atoms with E-state index in [2.05, 4.69) is 99.8 Å². The normalized spacial score (nSPS) is 12.6. The molecule has 0 heterocycles. The molecule has 1 atom stereocenters. The molecule has 0 N–H and O–H groups in total. The van der Waals surface area contributed by atoms with Crippen LogP contribution in [0.5, 0.6) is 0 Å². The van der Waals surface area contributed by atoms with Gasteiger partial charge in [-0.15, -0.1) is 0 Å². The van der Waals surface area contributed by atoms with Crippen molar-refractivity contribution in [2.24, 2.45) is 0 Å². The number of hydrogen-bond donors (Lipinski definition) is 0. The molecule has 0 aliphatic heterocycles. The third-order valence-electron chi connectivity index (χ3n) is 15.9. The summed E-state index contributed by atoms with van der Waals surface area (Å²) in [5.74, 6) is -0.959. The highest BCUT2D eigenvalue weighted by molar-refractivity contribution is 5.71. The highest BCUT2D eigenvalue weighted by atomic mass is 16.6. The summed E-state index contributed by atoms with van der Waals surface area (Å²) in [6.45, 7) is 6.50. The molecule has 0 radical (unpaired) electrons. The largest absolute Gasteiger partial charge is 0.462 e. The molecule has 0 aromatic carbocycles. The van der Waals surface area contributed by atoms with Gasteiger partial charge < -0.3 is 14.2 Å². The molecule has 6 heteroatoms. The summed E-state index contributed by atoms with van der Waals surface area (Å²) >= 11 is 0. The van der Waals surface area contributed by atoms with Gasteiger partial charge in [0.15, 0.2) is 6.10 Å². The second-order valence-corrected chi connectivity index (χ2v) is 24.1. The highest BCUT2D eigenvalue weighted by Crippen LogP contribution is 2.18. The minimum atomic E-state index is -0.804. The van der Waals surface area contributed by atoms with Crippen molar-refractivity contribution in [1.82, 2.24) is 0 Å². The van der Waals surface area contributed by atoms with Gasteiger partial charge in [0.05, 0.1) is 0 Å². The van der Waals surface area contributed by atoms with Gasteiger partial charge in [0, 0.05) is 19.3 Å². The quantitative estimate of drug-likeness (QED) is 0.0261. The number of hydrogen-bond acceptors (Lipinski definition) is 6. The summed E-state index contributed by atoms with van der Waals surface area (Å²) in [6, 6.07) is 0. The van der Waals surface area contributed by atoms with Gasteiger partial charge in [-0.05, 0) is 83.5 Å². The van der Waals surface area contributed by atoms with Gasteiger partial charge in [-0.3, -0.25) is 14.4 Å². The van der Waals surface area contributed by atoms with Crippen LogP contribution in [0.2, 0.25) is 0 Å². The SMILES string of the molecule is CC/C=C\C/C=C\C/C=C\C/C=C\CCC(=O)OCC(COC(=O)CCCCCCCCCCCCCCCCCC/C=C\C/C=C\C/C=C\CCCCCCC)OC(=O)CCCCCCCCCCCCCCCCCCCCCCC. The topological polar surface area (TPSA) is 78.9 Å². The van der Waals surface area contributed by atoms with Crippen molar-refractivity contribution in [2.75, 3.05) is 13.2 Å². The molecular weight excluding hydrogens is 1020 g/mol. The molecule has 0 fully saturated rings. The molecule has 6 nitrogen and oxygen atoms in total. The van der Waals surface area contributed by atoms with Crippen molar-refractivity contribution >= 4 is 17.9 Å². The fourth-order valence-electron chi connectivity index (χ4n) is 10.5. The minimum Gasteiger partial charge on any atom is -0.462 e. The first-order valence-corrected chi connectivity index (χ1v) is 36.1. The number of unbranched alkanes of at least 4 members (excludes halogenated alkanes) is 41. The van der Waals surface area contributed by atoms with Crippen molar-refractivity contribution in [3.63, 3.8) is 0 Å². The smallest absolute Gasteiger partial charge is 0.306 e. The van der Waals surface area contributed by atoms with E-state index >= 15 is 0 Å². The zero-order chi connectivity index (χ0) is 59.9. The number of ether oxygens (including phenoxy) is 3. The zero-order valence-corrected chi connectivity index (χ0v) is 55.2. The van der Waals surface area contributed by atoms with Gasteiger partial charge >= 0.3 is 17.9 Å². The van der Waals surface area contributed by atoms with E-state index in [0.29, 0.717) is 19.3 Å². The second-order valence-electron chi connectivity index (χ2n) is 24.1. The summed E-state index contributed by atoms with van der Waals surface area (Å²) in [5, 5.41) is 0. The van der Waals surface area contributed by atoms with Crippen molar-refractivity contribution in [1.29, 1.82) is 0 Å². The fraction of sp³-hybridized carbons (Fsp3) is 0.779. The van der Waals surface area contributed by atoms with Gasteiger partial charge in [0.1, 0.15) is 13.2 Å². The first-order valence-electron chi connectivity index (χ1n) is 36.1. The van der Waals surface area contributed by atoms with Crippen LogP contribution in [0.1, 0.15) is 367 Å². The first kappa shape index (κ1) is 79.6. The fourth-order valence-corrected chi connectivity index (χ4v) is 10.5. The van der Waals surface area contributed by atoms with E-state index in [-0.39, 0.29) is 37.5 Å². The van der Waals surface area contributed by atoms with Crippen molar-refractivity contribution in [3.8, 4) is 0 Å². The maximum atomic E-state index is 12.9. The van der Waals surface area contributed by atoms with E-state index in [4.69, 9.17) is 14.2 Å². The summed E-state index contributed by atoms with van der Waals surface area (Å²) in [4.78, 5) is 38.4. The molecule has 83 heavy (non-hydrogen) atoms. The number of esters is 3. The Kier molecular flexibility index (Phi) is 68.2. The van der Waals surface area contributed by atoms with E-state index in [9.17, 15) is 14.4 Å². The number of rotatable bonds is 66. The Morgan fingerprint density at radius 3 is 0.807 bits per heavy atom. The Bertz CT molecular complexity index is 1570. The van der Waals surface area contributed by atoms with Crippen LogP contribution in [-0.4, -0.2) is 37.2 Å². The third kappa shape index (κ3) is 69.3. The van der Waals surface area contributed by atoms with E-state index in [1.165, 1.54) is 244 Å². The zero-order valence-electron chi connectivity index (χ0n) is 55.2. The van der Waals surface area contributed by atoms with Gasteiger partial charge in [0.2, 0.25) is 0 Å². The number of allylic oxidation sites excluding steroid dienone is 14. The van der Waals surface area contributed by atoms with Crippen molar-refractivity contribution in [3.05, 3.63) is 85.1 Å². The van der Waals surface area contributed by atoms with Crippen LogP contribution >= 0.6 is 0 Å². The molecule has 0 bridgehead atoms. The van der Waals surface area contributed by atoms with Crippen LogP contribution in [0.15, 0.2) is 85.1 Å². The van der Waals surface area contributed by atoms with Gasteiger partial charge in [0.25, 0.3) is 0 Å². The molecule has 0 rings (SSSR count). The standard InChI is InChI=1S/C77H136O6/c1-4-7-10-13-16-19-22-25-27-29-31-33-34-35-36-37-38-39-40-41-42-44-45-47-49-52-55-58-61-64-67-70-76(79)82-73-74(72-81-75(78)69-66-63-60-57-54-51-24-21-18-15-12-9-6-3)83-77(80)71-68-65-62-59-56-53-50-48-46-43-32-30-28-26-23-20-17-14-11-8-5-2/h9,12,18,21-22,25,29,31,34-35,51,54,60,63,74H,4-8,10-11,13-17,19-20,23-24,26-28,30,32-33,36-50,52-53,55-59,61-62,64-73H2,1-3H3/b12-9-,21-18-,25-22-,31-29-,35-34-,54-51-,63-60-. The lowest BCUT2D eigenvalue weighted by molar-refractivity contribution is -0.166. The molecule has 1 unspecified atom stereocenters. The maximum absolute atomic E-state index is 12.9. The molecule has 0 saturated carbocycles. The molecule has 0 amide bonds. The molecular formula is C77H136O6. The average molecular weight is 1160 g/mol. The molecule has 0 aliphatic carbocycles. The Hall–Kier alpha value is -3.41. The monoisotopic (exact) mass is 1160 g/mol. The Balaban J connectivity index is 4.23. The van der Waals surface area contributed by atoms with E-state index < -0.39 is 6.10 Å². The predicted octanol–water partition coefficient (Wildman–Crippen LogP) is 25.0. The van der Waals surface area contributed by atoms with Crippen molar-refractivity contribution < 1.29 is 28.6 Å². The van der Waals surface area contributed by atoms with Crippen LogP contribution in [0.25, 0.3) is 0 Å². The lowest BCUT2D eigenvalue weighted by atomic mass is 10.0. The average Bonchev–Trinajstić information content (AvgIpc) is 3.49. The third-order valence-corrected chi connectivity index (χ3v) is 15.9. The van der Waals surface area contributed by atoms with Crippen LogP contribution in [0, 0.1) is 0 Å². The number of carbonyl (C=O) groups is 3. The molecule has 0 spiro atoms. The number of carbonyl (C=O) groups excluding carboxylic acids is 3. The van der Waals surface area contributed by atoms with E-state index in [0.717, 1.165) is 77.0 Å². The summed E-state index contributed by atoms with van der Waals surface area (Å²) < 4.78 is 16.9. The summed E-state index contributed by atoms with van der Waals surface area (Å²) in [6.07, 6.45) is 95.0. The van der Waals surface area contributed by atoms with Crippen LogP contribution in [-0.2, 0) is 28.6 Å². The van der Waals surface area contributed by atoms with E-state index in [1.807, 2.05) is 6.08 Å². The van der Waals surface area contributed by atoms with E-state index in [1.54, 1.807) is 0 Å². The summed E-state index contributed by atoms with van der Waals surface area (Å²) in [7, 11) is 0. The molecule has 0 saturated heterocycles. The van der Waals surface area contributed by atoms with Gasteiger partial charge in [-0.2, -0.15) is 0 Å². The first-order chi connectivity index (χ1) is 41.0. The Morgan fingerprint density at radius 1 is 0.253 bits per heavy atom. The van der Waals surface area contributed by atoms with Gasteiger partial charge in [-0.25, -0.2) is 0 Å². The summed E-state index contributed by atoms with van der Waals surface area (Å²) in [5.41, 5.74) is 0. The lowest BCUT2D eigenvalue weighted by Crippen LogP contribution is -2.30. The molecule has 0 aliphatic rings. The Morgan fingerprint density at radius 2 is 0.494 bits per heavy atom. The minimum absolute atomic E-state index is 0.0944. The highest BCUT2D eigenvalue weighted by Gasteiger charge is 2.19. The molecule has 0 aromatic rings. The van der Waals surface area contributed by atoms with Crippen LogP contribution in [0.3, 0.4) is 0 Å². The second kappa shape index (κ2) is 71.1. The Labute approximate surface area is 515 Å². The lowest BCUT2D eigenvalue weighted by Gasteiger charge is -2.18. The molecule has 0 aromatic heterocycles.